The van der Waals surface area contributed by atoms with Crippen LogP contribution in [0.1, 0.15) is 36.2 Å². The lowest BCUT2D eigenvalue weighted by molar-refractivity contribution is 0.552. The van der Waals surface area contributed by atoms with Crippen LogP contribution in [0.15, 0.2) is 12.1 Å². The molecule has 92 valence electrons. The fourth-order valence-electron chi connectivity index (χ4n) is 2.85. The summed E-state index contributed by atoms with van der Waals surface area (Å²) in [5.41, 5.74) is 12.5. The molecule has 2 heteroatoms. The molecule has 2 N–H and O–H groups in total. The molecule has 0 amide bonds. The molecule has 1 aromatic carbocycles. The number of hydrogen-bond donors (Lipinski definition) is 1. The van der Waals surface area contributed by atoms with Crippen molar-refractivity contribution in [2.24, 2.45) is 12.8 Å². The van der Waals surface area contributed by atoms with Gasteiger partial charge in [0.15, 0.2) is 0 Å². The molecule has 2 aromatic rings. The molecule has 2 nitrogen and oxygen atoms in total. The molecule has 0 aliphatic rings. The number of fused-ring (bicyclic) bond motifs is 1. The van der Waals surface area contributed by atoms with E-state index in [-0.39, 0.29) is 5.54 Å². The lowest BCUT2D eigenvalue weighted by Gasteiger charge is -2.20. The van der Waals surface area contributed by atoms with E-state index < -0.39 is 0 Å². The maximum Gasteiger partial charge on any atom is 0.0515 e. The van der Waals surface area contributed by atoms with Crippen LogP contribution in [0, 0.1) is 20.8 Å². The highest BCUT2D eigenvalue weighted by molar-refractivity contribution is 5.91. The molecule has 0 bridgehead atoms. The molecule has 0 saturated heterocycles. The number of hydrogen-bond acceptors (Lipinski definition) is 1. The van der Waals surface area contributed by atoms with Crippen LogP contribution in [0.2, 0.25) is 0 Å². The van der Waals surface area contributed by atoms with E-state index in [0.717, 1.165) is 0 Å². The molecule has 0 aliphatic carbocycles. The SMILES string of the molecule is Cc1ccc(C)c2c1c(C(C)(C)N)c(C)n2C. The highest BCUT2D eigenvalue weighted by Crippen LogP contribution is 2.35. The predicted octanol–water partition coefficient (Wildman–Crippen LogP) is 3.30. The maximum absolute atomic E-state index is 6.34. The Hall–Kier alpha value is -1.28. The Morgan fingerprint density at radius 3 is 2.12 bits per heavy atom. The van der Waals surface area contributed by atoms with Gasteiger partial charge in [0, 0.05) is 29.2 Å². The Morgan fingerprint density at radius 1 is 1.06 bits per heavy atom. The summed E-state index contributed by atoms with van der Waals surface area (Å²) in [4.78, 5) is 0. The molecule has 2 rings (SSSR count). The molecule has 0 saturated carbocycles. The summed E-state index contributed by atoms with van der Waals surface area (Å²) in [6.07, 6.45) is 0. The zero-order chi connectivity index (χ0) is 13.0. The first-order valence-corrected chi connectivity index (χ1v) is 6.09. The van der Waals surface area contributed by atoms with Crippen molar-refractivity contribution in [1.29, 1.82) is 0 Å². The van der Waals surface area contributed by atoms with Crippen LogP contribution in [0.25, 0.3) is 10.9 Å². The number of rotatable bonds is 1. The van der Waals surface area contributed by atoms with Crippen LogP contribution in [-0.2, 0) is 12.6 Å². The number of nitrogens with two attached hydrogens (primary N) is 1. The lowest BCUT2D eigenvalue weighted by atomic mass is 9.90. The van der Waals surface area contributed by atoms with Crippen molar-refractivity contribution in [3.8, 4) is 0 Å². The highest BCUT2D eigenvalue weighted by Gasteiger charge is 2.25. The monoisotopic (exact) mass is 230 g/mol. The van der Waals surface area contributed by atoms with Crippen molar-refractivity contribution in [1.82, 2.24) is 4.57 Å². The Labute approximate surface area is 103 Å². The van der Waals surface area contributed by atoms with Crippen molar-refractivity contribution in [3.63, 3.8) is 0 Å². The number of aromatic nitrogens is 1. The smallest absolute Gasteiger partial charge is 0.0515 e. The van der Waals surface area contributed by atoms with Gasteiger partial charge in [-0.3, -0.25) is 0 Å². The second kappa shape index (κ2) is 3.61. The Bertz CT molecular complexity index is 583. The van der Waals surface area contributed by atoms with Crippen LogP contribution in [0.3, 0.4) is 0 Å². The van der Waals surface area contributed by atoms with Crippen molar-refractivity contribution < 1.29 is 0 Å². The fraction of sp³-hybridized carbons (Fsp3) is 0.467. The largest absolute Gasteiger partial charge is 0.347 e. The number of aryl methyl sites for hydroxylation is 3. The summed E-state index contributed by atoms with van der Waals surface area (Å²) in [7, 11) is 2.12. The van der Waals surface area contributed by atoms with Gasteiger partial charge in [0.2, 0.25) is 0 Å². The Balaban J connectivity index is 3.04. The van der Waals surface area contributed by atoms with Gasteiger partial charge in [0.05, 0.1) is 5.52 Å². The molecule has 0 fully saturated rings. The average Bonchev–Trinajstić information content (AvgIpc) is 2.47. The first-order chi connectivity index (χ1) is 7.75. The summed E-state index contributed by atoms with van der Waals surface area (Å²) in [6, 6.07) is 4.37. The quantitative estimate of drug-likeness (QED) is 0.800. The summed E-state index contributed by atoms with van der Waals surface area (Å²) in [5.74, 6) is 0. The molecular formula is C15H22N2. The minimum absolute atomic E-state index is 0.303. The molecule has 0 atom stereocenters. The Morgan fingerprint density at radius 2 is 1.59 bits per heavy atom. The van der Waals surface area contributed by atoms with Crippen molar-refractivity contribution in [2.75, 3.05) is 0 Å². The van der Waals surface area contributed by atoms with E-state index >= 15 is 0 Å². The topological polar surface area (TPSA) is 30.9 Å². The third-order valence-electron chi connectivity index (χ3n) is 3.68. The molecule has 17 heavy (non-hydrogen) atoms. The second-order valence-corrected chi connectivity index (χ2v) is 5.66. The van der Waals surface area contributed by atoms with E-state index in [0.29, 0.717) is 0 Å². The van der Waals surface area contributed by atoms with Crippen LogP contribution in [0.5, 0.6) is 0 Å². The van der Waals surface area contributed by atoms with Gasteiger partial charge >= 0.3 is 0 Å². The van der Waals surface area contributed by atoms with Crippen LogP contribution in [-0.4, -0.2) is 4.57 Å². The van der Waals surface area contributed by atoms with E-state index in [1.165, 1.54) is 33.3 Å². The maximum atomic E-state index is 6.34. The lowest BCUT2D eigenvalue weighted by Crippen LogP contribution is -2.29. The second-order valence-electron chi connectivity index (χ2n) is 5.66. The number of nitrogens with zero attached hydrogens (tertiary/aromatic N) is 1. The van der Waals surface area contributed by atoms with Gasteiger partial charge in [-0.2, -0.15) is 0 Å². The summed E-state index contributed by atoms with van der Waals surface area (Å²) in [5, 5.41) is 1.33. The van der Waals surface area contributed by atoms with Gasteiger partial charge in [-0.05, 0) is 45.7 Å². The van der Waals surface area contributed by atoms with Crippen molar-refractivity contribution in [3.05, 3.63) is 34.5 Å². The molecule has 0 aliphatic heterocycles. The molecule has 1 aromatic heterocycles. The van der Waals surface area contributed by atoms with Crippen molar-refractivity contribution >= 4 is 10.9 Å². The fourth-order valence-corrected chi connectivity index (χ4v) is 2.85. The molecular weight excluding hydrogens is 208 g/mol. The van der Waals surface area contributed by atoms with Gasteiger partial charge in [-0.1, -0.05) is 12.1 Å². The normalized spacial score (nSPS) is 12.4. The first kappa shape index (κ1) is 12.2. The minimum atomic E-state index is -0.303. The molecule has 0 radical (unpaired) electrons. The van der Waals surface area contributed by atoms with E-state index in [2.05, 4.69) is 58.4 Å². The van der Waals surface area contributed by atoms with Gasteiger partial charge in [-0.15, -0.1) is 0 Å². The third kappa shape index (κ3) is 1.67. The summed E-state index contributed by atoms with van der Waals surface area (Å²) in [6.45, 7) is 10.6. The zero-order valence-corrected chi connectivity index (χ0v) is 11.7. The highest BCUT2D eigenvalue weighted by atomic mass is 15.0. The van der Waals surface area contributed by atoms with Gasteiger partial charge in [-0.25, -0.2) is 0 Å². The van der Waals surface area contributed by atoms with Crippen LogP contribution in [0.4, 0.5) is 0 Å². The van der Waals surface area contributed by atoms with E-state index in [1.807, 2.05) is 0 Å². The Kier molecular flexibility index (Phi) is 2.58. The third-order valence-corrected chi connectivity index (χ3v) is 3.68. The zero-order valence-electron chi connectivity index (χ0n) is 11.7. The molecule has 1 heterocycles. The summed E-state index contributed by atoms with van der Waals surface area (Å²) < 4.78 is 2.27. The van der Waals surface area contributed by atoms with E-state index in [9.17, 15) is 0 Å². The van der Waals surface area contributed by atoms with E-state index in [1.54, 1.807) is 0 Å². The van der Waals surface area contributed by atoms with Gasteiger partial charge < -0.3 is 10.3 Å². The minimum Gasteiger partial charge on any atom is -0.347 e. The average molecular weight is 230 g/mol. The van der Waals surface area contributed by atoms with E-state index in [4.69, 9.17) is 5.73 Å². The van der Waals surface area contributed by atoms with Crippen LogP contribution >= 0.6 is 0 Å². The molecule has 0 spiro atoms. The van der Waals surface area contributed by atoms with Gasteiger partial charge in [0.1, 0.15) is 0 Å². The van der Waals surface area contributed by atoms with Gasteiger partial charge in [0.25, 0.3) is 0 Å². The standard InChI is InChI=1S/C15H22N2/c1-9-7-8-10(2)14-12(9)13(15(4,5)16)11(3)17(14)6/h7-8H,16H2,1-6H3. The van der Waals surface area contributed by atoms with Crippen LogP contribution < -0.4 is 5.73 Å². The predicted molar refractivity (Wildman–Crippen MR) is 74.3 cm³/mol. The molecule has 0 unspecified atom stereocenters. The van der Waals surface area contributed by atoms with Crippen molar-refractivity contribution in [2.45, 2.75) is 40.2 Å². The number of benzene rings is 1. The summed E-state index contributed by atoms with van der Waals surface area (Å²) >= 11 is 0. The first-order valence-electron chi connectivity index (χ1n) is 6.09.